The number of nitrogens with one attached hydrogen (secondary N) is 4. The Morgan fingerprint density at radius 1 is 0.588 bits per heavy atom. The van der Waals surface area contributed by atoms with Crippen LogP contribution in [0.5, 0.6) is 0 Å². The number of rotatable bonds is 34. The number of hydrogen-bond donors (Lipinski definition) is 11. The van der Waals surface area contributed by atoms with Crippen molar-refractivity contribution < 1.29 is 63.3 Å². The van der Waals surface area contributed by atoms with Crippen molar-refractivity contribution in [3.63, 3.8) is 0 Å². The molecule has 0 saturated carbocycles. The zero-order valence-electron chi connectivity index (χ0n) is 47.6. The molecule has 4 rings (SSSR count). The number of nitrogens with zero attached hydrogens (tertiary/aromatic N) is 5. The quantitative estimate of drug-likeness (QED) is 0.0228. The number of carbonyl (C=O) groups excluding carboxylic acids is 7. The van der Waals surface area contributed by atoms with Crippen LogP contribution < -0.4 is 44.2 Å². The number of carboxylic acids is 3. The largest absolute Gasteiger partial charge is 0.481 e. The van der Waals surface area contributed by atoms with Crippen LogP contribution in [-0.2, 0) is 57.9 Å². The number of amides is 8. The van der Waals surface area contributed by atoms with E-state index in [4.69, 9.17) is 40.3 Å². The molecule has 0 aromatic heterocycles. The van der Waals surface area contributed by atoms with Crippen LogP contribution >= 0.6 is 34.8 Å². The summed E-state index contributed by atoms with van der Waals surface area (Å²) >= 11 is 7.85. The Hall–Kier alpha value is -7.38. The number of aliphatic carboxylic acids is 3. The number of hydrogen-bond acceptors (Lipinski definition) is 15. The number of primary amides is 4. The molecule has 1 heterocycles. The SMILES string of the molecule is NC(=O)CN1CCN(CC(N)=O)CCN(CC(N)=O)C(Cc2ccc(NC(=S)CCCCCC(=O)NCc3ccc(C(=O)N(CCCC[C@@H](NC(=O)N[C@H](CCC(=O)O)C(=O)O)C(=O)O)Cc4ccc(I)cc4)cc3)cc2)CN(CC(N)=O)CC1. The van der Waals surface area contributed by atoms with Crippen molar-refractivity contribution in [3.05, 3.63) is 98.6 Å². The number of halogens is 1. The summed E-state index contributed by atoms with van der Waals surface area (Å²) in [5.74, 6) is -6.58. The van der Waals surface area contributed by atoms with E-state index in [1.54, 1.807) is 29.2 Å². The fourth-order valence-electron chi connectivity index (χ4n) is 9.53. The third-order valence-electron chi connectivity index (χ3n) is 14.0. The third-order valence-corrected chi connectivity index (χ3v) is 15.0. The van der Waals surface area contributed by atoms with E-state index in [1.165, 1.54) is 0 Å². The Morgan fingerprint density at radius 2 is 1.11 bits per heavy atom. The highest BCUT2D eigenvalue weighted by Gasteiger charge is 2.28. The van der Waals surface area contributed by atoms with Crippen LogP contribution in [0, 0.1) is 3.57 Å². The molecule has 1 unspecified atom stereocenters. The Balaban J connectivity index is 1.25. The molecule has 3 atom stereocenters. The van der Waals surface area contributed by atoms with Gasteiger partial charge in [-0.05, 0) is 127 Å². The molecule has 3 aromatic rings. The molecule has 0 radical (unpaired) electrons. The van der Waals surface area contributed by atoms with E-state index in [0.717, 1.165) is 38.8 Å². The van der Waals surface area contributed by atoms with Crippen LogP contribution in [-0.4, -0.2) is 201 Å². The fraction of sp³-hybridized carbons (Fsp3) is 0.491. The molecule has 1 fully saturated rings. The van der Waals surface area contributed by atoms with Gasteiger partial charge in [0.05, 0.1) is 31.2 Å². The fourth-order valence-corrected chi connectivity index (χ4v) is 10.2. The zero-order valence-corrected chi connectivity index (χ0v) is 50.6. The third kappa shape index (κ3) is 28.4. The van der Waals surface area contributed by atoms with E-state index in [2.05, 4.69) is 43.9 Å². The number of benzene rings is 3. The van der Waals surface area contributed by atoms with Crippen molar-refractivity contribution in [2.45, 2.75) is 102 Å². The average Bonchev–Trinajstić information content (AvgIpc) is 3.65. The first-order chi connectivity index (χ1) is 40.4. The van der Waals surface area contributed by atoms with Gasteiger partial charge < -0.3 is 64.4 Å². The van der Waals surface area contributed by atoms with Crippen molar-refractivity contribution in [2.24, 2.45) is 22.9 Å². The van der Waals surface area contributed by atoms with E-state index in [9.17, 15) is 58.2 Å². The standard InChI is InChI=1S/C57H80IN13O13S/c58-42-17-11-40(12-18-42)32-71(23-5-4-6-45(55(80)81)65-57(84)66-46(56(82)83)21-22-53(77)78)54(79)41-15-9-39(10-16-41)31-63-51(76)7-2-1-3-8-52(85)64-43-19-13-38(14-20-43)30-44-33-69(36-49(61)74)27-26-67(34-47(59)72)24-25-68(35-48(60)73)28-29-70(44)37-50(62)75/h9-20,44-46H,1-8,21-37H2,(H2,59,72)(H2,60,73)(H2,61,74)(H2,62,75)(H,63,76)(H,64,85)(H,77,78)(H,80,81)(H,82,83)(H2,65,66,84)/t44?,45-,46-/m1/s1. The molecule has 1 aliphatic heterocycles. The summed E-state index contributed by atoms with van der Waals surface area (Å²) in [6.45, 7) is 3.17. The van der Waals surface area contributed by atoms with Gasteiger partial charge in [-0.3, -0.25) is 53.2 Å². The number of urea groups is 1. The van der Waals surface area contributed by atoms with Gasteiger partial charge in [-0.2, -0.15) is 0 Å². The summed E-state index contributed by atoms with van der Waals surface area (Å²) in [6.07, 6.45) is 3.20. The highest BCUT2D eigenvalue weighted by atomic mass is 127. The van der Waals surface area contributed by atoms with Gasteiger partial charge in [0.25, 0.3) is 5.91 Å². The molecular formula is C57H80IN13O13S. The van der Waals surface area contributed by atoms with Crippen molar-refractivity contribution in [1.29, 1.82) is 0 Å². The van der Waals surface area contributed by atoms with E-state index >= 15 is 0 Å². The Bertz CT molecular complexity index is 2750. The summed E-state index contributed by atoms with van der Waals surface area (Å²) in [7, 11) is 0. The molecule has 26 nitrogen and oxygen atoms in total. The summed E-state index contributed by atoms with van der Waals surface area (Å²) < 4.78 is 1.01. The number of carbonyl (C=O) groups is 10. The minimum Gasteiger partial charge on any atom is -0.481 e. The van der Waals surface area contributed by atoms with Gasteiger partial charge in [0.1, 0.15) is 12.1 Å². The highest BCUT2D eigenvalue weighted by Crippen LogP contribution is 2.19. The molecule has 464 valence electrons. The van der Waals surface area contributed by atoms with Crippen LogP contribution in [0.15, 0.2) is 72.8 Å². The number of carboxylic acid groups (broad SMARTS) is 3. The van der Waals surface area contributed by atoms with Crippen LogP contribution in [0.25, 0.3) is 0 Å². The first-order valence-electron chi connectivity index (χ1n) is 28.0. The molecular weight excluding hydrogens is 1230 g/mol. The molecule has 1 aliphatic rings. The average molecular weight is 1310 g/mol. The maximum absolute atomic E-state index is 13.9. The molecule has 85 heavy (non-hydrogen) atoms. The lowest BCUT2D eigenvalue weighted by molar-refractivity contribution is -0.141. The van der Waals surface area contributed by atoms with Gasteiger partial charge in [-0.25, -0.2) is 14.4 Å². The lowest BCUT2D eigenvalue weighted by Gasteiger charge is -2.38. The highest BCUT2D eigenvalue weighted by molar-refractivity contribution is 14.1. The van der Waals surface area contributed by atoms with E-state index < -0.39 is 72.5 Å². The van der Waals surface area contributed by atoms with Crippen LogP contribution in [0.1, 0.15) is 91.3 Å². The predicted molar refractivity (Wildman–Crippen MR) is 328 cm³/mol. The van der Waals surface area contributed by atoms with E-state index in [-0.39, 0.29) is 76.5 Å². The lowest BCUT2D eigenvalue weighted by atomic mass is 10.0. The molecule has 0 bridgehead atoms. The van der Waals surface area contributed by atoms with Gasteiger partial charge in [0.2, 0.25) is 29.5 Å². The first-order valence-corrected chi connectivity index (χ1v) is 29.5. The lowest BCUT2D eigenvalue weighted by Crippen LogP contribution is -2.54. The van der Waals surface area contributed by atoms with Gasteiger partial charge in [-0.15, -0.1) is 0 Å². The smallest absolute Gasteiger partial charge is 0.326 e. The van der Waals surface area contributed by atoms with E-state index in [1.807, 2.05) is 68.1 Å². The maximum atomic E-state index is 13.9. The van der Waals surface area contributed by atoms with Gasteiger partial charge in [-0.1, -0.05) is 55.0 Å². The second kappa shape index (κ2) is 37.1. The summed E-state index contributed by atoms with van der Waals surface area (Å²) in [6, 6.07) is 17.9. The summed E-state index contributed by atoms with van der Waals surface area (Å²) in [5, 5.41) is 38.6. The topological polar surface area (TPSA) is 400 Å². The van der Waals surface area contributed by atoms with Crippen LogP contribution in [0.3, 0.4) is 0 Å². The maximum Gasteiger partial charge on any atom is 0.326 e. The number of thiocarbonyl (C=S) groups is 1. The number of anilines is 1. The number of nitrogens with two attached hydrogens (primary N) is 4. The second-order valence-corrected chi connectivity index (χ2v) is 22.7. The minimum absolute atomic E-state index is 0.0190. The van der Waals surface area contributed by atoms with Gasteiger partial charge >= 0.3 is 23.9 Å². The van der Waals surface area contributed by atoms with Crippen molar-refractivity contribution in [1.82, 2.24) is 40.4 Å². The molecule has 0 aliphatic carbocycles. The number of unbranched alkanes of at least 4 members (excludes halogenated alkanes) is 3. The normalized spacial score (nSPS) is 15.4. The molecule has 8 amide bonds. The molecule has 0 spiro atoms. The van der Waals surface area contributed by atoms with Crippen molar-refractivity contribution in [2.75, 3.05) is 83.9 Å². The van der Waals surface area contributed by atoms with Gasteiger partial charge in [0, 0.05) is 99.2 Å². The zero-order chi connectivity index (χ0) is 62.4. The first kappa shape index (κ1) is 70.1. The molecule has 15 N–H and O–H groups in total. The minimum atomic E-state index is -1.53. The van der Waals surface area contributed by atoms with Gasteiger partial charge in [0.15, 0.2) is 0 Å². The van der Waals surface area contributed by atoms with Crippen molar-refractivity contribution in [3.8, 4) is 0 Å². The monoisotopic (exact) mass is 1310 g/mol. The second-order valence-electron chi connectivity index (χ2n) is 20.9. The van der Waals surface area contributed by atoms with Crippen LogP contribution in [0.2, 0.25) is 0 Å². The Labute approximate surface area is 513 Å². The summed E-state index contributed by atoms with van der Waals surface area (Å²) in [5.41, 5.74) is 26.3. The van der Waals surface area contributed by atoms with E-state index in [0.29, 0.717) is 88.5 Å². The Morgan fingerprint density at radius 3 is 1.67 bits per heavy atom. The molecule has 3 aromatic carbocycles. The van der Waals surface area contributed by atoms with Crippen LogP contribution in [0.4, 0.5) is 10.5 Å². The molecule has 1 saturated heterocycles. The summed E-state index contributed by atoms with van der Waals surface area (Å²) in [4.78, 5) is 132. The molecule has 28 heteroatoms. The van der Waals surface area contributed by atoms with Crippen molar-refractivity contribution >= 4 is 105 Å². The Kier molecular flexibility index (Phi) is 30.6. The predicted octanol–water partition coefficient (Wildman–Crippen LogP) is 1.25.